The maximum atomic E-state index is 12.8. The lowest BCUT2D eigenvalue weighted by Crippen LogP contribution is -2.48. The van der Waals surface area contributed by atoms with E-state index in [1.54, 1.807) is 13.0 Å². The third-order valence-electron chi connectivity index (χ3n) is 4.68. The van der Waals surface area contributed by atoms with Gasteiger partial charge in [-0.25, -0.2) is 0 Å². The molecular formula is C18H16F3N3O3. The summed E-state index contributed by atoms with van der Waals surface area (Å²) in [5.41, 5.74) is -0.934. The minimum Gasteiger partial charge on any atom is -0.507 e. The van der Waals surface area contributed by atoms with Crippen molar-refractivity contribution in [1.29, 1.82) is 0 Å². The second-order valence-electron chi connectivity index (χ2n) is 7.04. The van der Waals surface area contributed by atoms with E-state index in [4.69, 9.17) is 4.42 Å². The summed E-state index contributed by atoms with van der Waals surface area (Å²) < 4.78 is 43.8. The molecule has 0 radical (unpaired) electrons. The Hall–Kier alpha value is -2.81. The van der Waals surface area contributed by atoms with E-state index < -0.39 is 23.1 Å². The highest BCUT2D eigenvalue weighted by Gasteiger charge is 2.39. The normalized spacial score (nSPS) is 22.6. The molecule has 1 saturated carbocycles. The van der Waals surface area contributed by atoms with Gasteiger partial charge < -0.3 is 19.9 Å². The van der Waals surface area contributed by atoms with Crippen molar-refractivity contribution in [3.63, 3.8) is 0 Å². The molecule has 0 atom stereocenters. The molecule has 2 heterocycles. The van der Waals surface area contributed by atoms with Crippen molar-refractivity contribution in [2.45, 2.75) is 37.6 Å². The second kappa shape index (κ2) is 5.85. The number of nitrogens with zero attached hydrogens (tertiary/aromatic N) is 2. The van der Waals surface area contributed by atoms with Gasteiger partial charge in [0.15, 0.2) is 11.4 Å². The fraction of sp³-hybridized carbons (Fsp3) is 0.333. The Balaban J connectivity index is 1.70. The quantitative estimate of drug-likeness (QED) is 0.639. The van der Waals surface area contributed by atoms with Crippen molar-refractivity contribution in [3.05, 3.63) is 36.1 Å². The SMILES string of the molecule is CC1(O)CC(Nc2nnc(-c3ccc(C(F)(F)F)cc3O)c3ccoc23)C1. The molecule has 0 aliphatic heterocycles. The Bertz CT molecular complexity index is 1010. The van der Waals surface area contributed by atoms with Crippen molar-refractivity contribution in [1.82, 2.24) is 10.2 Å². The van der Waals surface area contributed by atoms with Gasteiger partial charge in [0, 0.05) is 11.6 Å². The van der Waals surface area contributed by atoms with Gasteiger partial charge in [-0.3, -0.25) is 0 Å². The maximum absolute atomic E-state index is 12.8. The lowest BCUT2D eigenvalue weighted by molar-refractivity contribution is -0.137. The van der Waals surface area contributed by atoms with Crippen LogP contribution in [0.3, 0.4) is 0 Å². The average Bonchev–Trinajstić information content (AvgIpc) is 3.03. The molecule has 0 bridgehead atoms. The Labute approximate surface area is 151 Å². The summed E-state index contributed by atoms with van der Waals surface area (Å²) >= 11 is 0. The molecule has 6 nitrogen and oxygen atoms in total. The van der Waals surface area contributed by atoms with Crippen LogP contribution in [0.2, 0.25) is 0 Å². The Kier molecular flexibility index (Phi) is 3.81. The Morgan fingerprint density at radius 1 is 1.22 bits per heavy atom. The number of halogens is 3. The molecule has 3 N–H and O–H groups in total. The molecule has 4 rings (SSSR count). The highest BCUT2D eigenvalue weighted by molar-refractivity contribution is 5.97. The van der Waals surface area contributed by atoms with Crippen LogP contribution in [0.5, 0.6) is 5.75 Å². The second-order valence-corrected chi connectivity index (χ2v) is 7.04. The minimum absolute atomic E-state index is 0.0212. The maximum Gasteiger partial charge on any atom is 0.416 e. The van der Waals surface area contributed by atoms with E-state index in [1.807, 2.05) is 0 Å². The number of phenolic OH excluding ortho intramolecular Hbond substituents is 1. The summed E-state index contributed by atoms with van der Waals surface area (Å²) in [5, 5.41) is 31.7. The molecule has 9 heteroatoms. The summed E-state index contributed by atoms with van der Waals surface area (Å²) in [5.74, 6) is -0.164. The van der Waals surface area contributed by atoms with E-state index in [9.17, 15) is 23.4 Å². The molecule has 3 aromatic rings. The van der Waals surface area contributed by atoms with Crippen LogP contribution in [0, 0.1) is 0 Å². The van der Waals surface area contributed by atoms with Gasteiger partial charge in [0.1, 0.15) is 11.4 Å². The lowest BCUT2D eigenvalue weighted by atomic mass is 9.77. The standard InChI is InChI=1S/C18H16F3N3O3/c1-17(26)7-10(8-17)22-16-15-12(4-5-27-15)14(23-24-16)11-3-2-9(6-13(11)25)18(19,20)21/h2-6,10,25-26H,7-8H2,1H3,(H,22,24). The van der Waals surface area contributed by atoms with Crippen molar-refractivity contribution < 1.29 is 27.8 Å². The van der Waals surface area contributed by atoms with E-state index >= 15 is 0 Å². The topological polar surface area (TPSA) is 91.4 Å². The molecule has 2 aromatic heterocycles. The van der Waals surface area contributed by atoms with Crippen LogP contribution in [0.1, 0.15) is 25.3 Å². The molecule has 0 saturated heterocycles. The molecule has 142 valence electrons. The summed E-state index contributed by atoms with van der Waals surface area (Å²) in [4.78, 5) is 0. The monoisotopic (exact) mass is 379 g/mol. The van der Waals surface area contributed by atoms with Crippen LogP contribution < -0.4 is 5.32 Å². The van der Waals surface area contributed by atoms with Gasteiger partial charge in [0.25, 0.3) is 0 Å². The Morgan fingerprint density at radius 3 is 2.59 bits per heavy atom. The average molecular weight is 379 g/mol. The van der Waals surface area contributed by atoms with E-state index in [2.05, 4.69) is 15.5 Å². The third kappa shape index (κ3) is 3.18. The predicted octanol–water partition coefficient (Wildman–Crippen LogP) is 3.94. The van der Waals surface area contributed by atoms with Gasteiger partial charge in [0.2, 0.25) is 0 Å². The number of benzene rings is 1. The Morgan fingerprint density at radius 2 is 1.96 bits per heavy atom. The number of hydrogen-bond donors (Lipinski definition) is 3. The number of aromatic nitrogens is 2. The van der Waals surface area contributed by atoms with Crippen LogP contribution >= 0.6 is 0 Å². The lowest BCUT2D eigenvalue weighted by Gasteiger charge is -2.41. The summed E-state index contributed by atoms with van der Waals surface area (Å²) in [6, 6.07) is 4.33. The molecule has 0 spiro atoms. The zero-order valence-electron chi connectivity index (χ0n) is 14.2. The number of aliphatic hydroxyl groups is 1. The number of furan rings is 1. The van der Waals surface area contributed by atoms with Crippen molar-refractivity contribution in [2.75, 3.05) is 5.32 Å². The van der Waals surface area contributed by atoms with E-state index in [-0.39, 0.29) is 17.3 Å². The third-order valence-corrected chi connectivity index (χ3v) is 4.68. The fourth-order valence-corrected chi connectivity index (χ4v) is 3.38. The van der Waals surface area contributed by atoms with Gasteiger partial charge in [-0.2, -0.15) is 13.2 Å². The van der Waals surface area contributed by atoms with Crippen LogP contribution in [-0.4, -0.2) is 32.1 Å². The summed E-state index contributed by atoms with van der Waals surface area (Å²) in [6.45, 7) is 1.75. The molecule has 1 aliphatic carbocycles. The van der Waals surface area contributed by atoms with Crippen LogP contribution in [-0.2, 0) is 6.18 Å². The molecule has 1 aliphatic rings. The minimum atomic E-state index is -4.55. The van der Waals surface area contributed by atoms with Crippen LogP contribution in [0.4, 0.5) is 19.0 Å². The van der Waals surface area contributed by atoms with Gasteiger partial charge >= 0.3 is 6.18 Å². The first-order valence-electron chi connectivity index (χ1n) is 8.27. The predicted molar refractivity (Wildman–Crippen MR) is 91.2 cm³/mol. The molecule has 27 heavy (non-hydrogen) atoms. The van der Waals surface area contributed by atoms with Crippen molar-refractivity contribution >= 4 is 16.8 Å². The summed E-state index contributed by atoms with van der Waals surface area (Å²) in [7, 11) is 0. The molecule has 0 unspecified atom stereocenters. The number of phenols is 1. The first-order chi connectivity index (χ1) is 12.6. The van der Waals surface area contributed by atoms with Crippen LogP contribution in [0.25, 0.3) is 22.2 Å². The fourth-order valence-electron chi connectivity index (χ4n) is 3.38. The number of nitrogens with one attached hydrogen (secondary N) is 1. The highest BCUT2D eigenvalue weighted by atomic mass is 19.4. The molecule has 1 fully saturated rings. The number of rotatable bonds is 3. The molecular weight excluding hydrogens is 363 g/mol. The van der Waals surface area contributed by atoms with E-state index in [0.29, 0.717) is 35.7 Å². The van der Waals surface area contributed by atoms with E-state index in [0.717, 1.165) is 12.1 Å². The number of aromatic hydroxyl groups is 1. The first kappa shape index (κ1) is 17.6. The highest BCUT2D eigenvalue weighted by Crippen LogP contribution is 2.40. The molecule has 0 amide bonds. The zero-order valence-corrected chi connectivity index (χ0v) is 14.2. The number of hydrogen-bond acceptors (Lipinski definition) is 6. The largest absolute Gasteiger partial charge is 0.507 e. The summed E-state index contributed by atoms with van der Waals surface area (Å²) in [6.07, 6.45) is -2.03. The smallest absolute Gasteiger partial charge is 0.416 e. The molecule has 1 aromatic carbocycles. The number of fused-ring (bicyclic) bond motifs is 1. The number of alkyl halides is 3. The zero-order chi connectivity index (χ0) is 19.4. The van der Waals surface area contributed by atoms with Crippen molar-refractivity contribution in [3.8, 4) is 17.0 Å². The number of anilines is 1. The van der Waals surface area contributed by atoms with E-state index in [1.165, 1.54) is 6.26 Å². The van der Waals surface area contributed by atoms with Crippen LogP contribution in [0.15, 0.2) is 34.9 Å². The van der Waals surface area contributed by atoms with Gasteiger partial charge in [0.05, 0.1) is 22.8 Å². The van der Waals surface area contributed by atoms with Crippen molar-refractivity contribution in [2.24, 2.45) is 0 Å². The van der Waals surface area contributed by atoms with Gasteiger partial charge in [-0.15, -0.1) is 10.2 Å². The van der Waals surface area contributed by atoms with Gasteiger partial charge in [-0.05, 0) is 44.0 Å². The van der Waals surface area contributed by atoms with Gasteiger partial charge in [-0.1, -0.05) is 0 Å². The first-order valence-corrected chi connectivity index (χ1v) is 8.27.